The maximum atomic E-state index is 10.9. The summed E-state index contributed by atoms with van der Waals surface area (Å²) in [7, 11) is -4.76. The van der Waals surface area contributed by atoms with E-state index < -0.39 is 32.2 Å². The summed E-state index contributed by atoms with van der Waals surface area (Å²) in [6.45, 7) is 0. The summed E-state index contributed by atoms with van der Waals surface area (Å²) in [4.78, 5) is 9.85. The first kappa shape index (κ1) is 11.3. The zero-order valence-electron chi connectivity index (χ0n) is 7.34. The first-order chi connectivity index (χ1) is 6.75. The number of hydrogen-bond donors (Lipinski definition) is 4. The van der Waals surface area contributed by atoms with Crippen LogP contribution in [0.3, 0.4) is 0 Å². The number of primary amides is 1. The molecule has 15 heavy (non-hydrogen) atoms. The SMILES string of the molecule is NC(=O)c1ccc(N)c(O)c1S(=O)(=O)O. The predicted octanol–water partition coefficient (Wildman–Crippen LogP) is -0.680. The van der Waals surface area contributed by atoms with E-state index in [0.29, 0.717) is 0 Å². The van der Waals surface area contributed by atoms with Gasteiger partial charge in [0.1, 0.15) is 0 Å². The van der Waals surface area contributed by atoms with Crippen LogP contribution in [0.4, 0.5) is 5.69 Å². The van der Waals surface area contributed by atoms with Crippen molar-refractivity contribution in [2.24, 2.45) is 5.73 Å². The average Bonchev–Trinajstić information content (AvgIpc) is 2.06. The van der Waals surface area contributed by atoms with Crippen molar-refractivity contribution in [1.29, 1.82) is 0 Å². The van der Waals surface area contributed by atoms with E-state index >= 15 is 0 Å². The van der Waals surface area contributed by atoms with Gasteiger partial charge in [-0.25, -0.2) is 0 Å². The number of phenolic OH excluding ortho intramolecular Hbond substituents is 1. The second kappa shape index (κ2) is 3.41. The summed E-state index contributed by atoms with van der Waals surface area (Å²) in [6, 6.07) is 2.10. The topological polar surface area (TPSA) is 144 Å². The number of rotatable bonds is 2. The summed E-state index contributed by atoms with van der Waals surface area (Å²) < 4.78 is 30.5. The summed E-state index contributed by atoms with van der Waals surface area (Å²) in [5.74, 6) is -1.99. The molecular formula is C7H8N2O5S. The van der Waals surface area contributed by atoms with Gasteiger partial charge in [0.15, 0.2) is 10.6 Å². The summed E-state index contributed by atoms with van der Waals surface area (Å²) in [5, 5.41) is 9.29. The molecule has 6 N–H and O–H groups in total. The first-order valence-electron chi connectivity index (χ1n) is 3.64. The second-order valence-electron chi connectivity index (χ2n) is 2.72. The fraction of sp³-hybridized carbons (Fsp3) is 0. The second-order valence-corrected chi connectivity index (χ2v) is 4.08. The lowest BCUT2D eigenvalue weighted by Gasteiger charge is -2.07. The molecule has 0 bridgehead atoms. The van der Waals surface area contributed by atoms with Gasteiger partial charge in [0, 0.05) is 0 Å². The van der Waals surface area contributed by atoms with Gasteiger partial charge in [-0.3, -0.25) is 9.35 Å². The lowest BCUT2D eigenvalue weighted by Crippen LogP contribution is -2.16. The van der Waals surface area contributed by atoms with Crippen molar-refractivity contribution < 1.29 is 22.9 Å². The monoisotopic (exact) mass is 232 g/mol. The highest BCUT2D eigenvalue weighted by Gasteiger charge is 2.24. The predicted molar refractivity (Wildman–Crippen MR) is 50.9 cm³/mol. The Balaban J connectivity index is 3.72. The van der Waals surface area contributed by atoms with Crippen LogP contribution >= 0.6 is 0 Å². The molecule has 1 amide bonds. The molecule has 0 aromatic heterocycles. The van der Waals surface area contributed by atoms with E-state index in [2.05, 4.69) is 0 Å². The summed E-state index contributed by atoms with van der Waals surface area (Å²) in [5.41, 5.74) is 9.26. The van der Waals surface area contributed by atoms with Crippen LogP contribution in [0.15, 0.2) is 17.0 Å². The van der Waals surface area contributed by atoms with Gasteiger partial charge >= 0.3 is 0 Å². The number of carbonyl (C=O) groups is 1. The van der Waals surface area contributed by atoms with Crippen LogP contribution in [0.5, 0.6) is 5.75 Å². The molecule has 0 heterocycles. The number of anilines is 1. The molecule has 1 aromatic carbocycles. The summed E-state index contributed by atoms with van der Waals surface area (Å²) in [6.07, 6.45) is 0. The number of phenols is 1. The quantitative estimate of drug-likeness (QED) is 0.302. The molecule has 8 heteroatoms. The standard InChI is InChI=1S/C7H8N2O5S/c8-4-2-1-3(7(9)11)6(5(4)10)15(12,13)14/h1-2,10H,8H2,(H2,9,11)(H,12,13,14). The van der Waals surface area contributed by atoms with Crippen molar-refractivity contribution in [2.75, 3.05) is 5.73 Å². The molecular weight excluding hydrogens is 224 g/mol. The third-order valence-electron chi connectivity index (χ3n) is 1.69. The fourth-order valence-electron chi connectivity index (χ4n) is 1.04. The van der Waals surface area contributed by atoms with Gasteiger partial charge in [-0.1, -0.05) is 0 Å². The van der Waals surface area contributed by atoms with Gasteiger partial charge < -0.3 is 16.6 Å². The van der Waals surface area contributed by atoms with Crippen molar-refractivity contribution in [1.82, 2.24) is 0 Å². The van der Waals surface area contributed by atoms with E-state index in [1.165, 1.54) is 0 Å². The van der Waals surface area contributed by atoms with Crippen LogP contribution in [0.1, 0.15) is 10.4 Å². The molecule has 1 aromatic rings. The van der Waals surface area contributed by atoms with E-state index in [1.807, 2.05) is 0 Å². The summed E-state index contributed by atoms with van der Waals surface area (Å²) >= 11 is 0. The van der Waals surface area contributed by atoms with Crippen molar-refractivity contribution in [3.05, 3.63) is 17.7 Å². The Morgan fingerprint density at radius 3 is 2.27 bits per heavy atom. The van der Waals surface area contributed by atoms with Crippen molar-refractivity contribution in [3.63, 3.8) is 0 Å². The number of nitrogen functional groups attached to an aromatic ring is 1. The van der Waals surface area contributed by atoms with Crippen molar-refractivity contribution in [2.45, 2.75) is 4.90 Å². The minimum absolute atomic E-state index is 0.285. The largest absolute Gasteiger partial charge is 0.504 e. The molecule has 0 aliphatic rings. The molecule has 0 radical (unpaired) electrons. The zero-order chi connectivity index (χ0) is 11.8. The van der Waals surface area contributed by atoms with Crippen molar-refractivity contribution in [3.8, 4) is 5.75 Å². The Bertz CT molecular complexity index is 522. The minimum Gasteiger partial charge on any atom is -0.504 e. The maximum absolute atomic E-state index is 10.9. The van der Waals surface area contributed by atoms with Crippen LogP contribution in [-0.2, 0) is 10.1 Å². The smallest absolute Gasteiger partial charge is 0.299 e. The van der Waals surface area contributed by atoms with Crippen molar-refractivity contribution >= 4 is 21.7 Å². The third kappa shape index (κ3) is 2.00. The molecule has 0 atom stereocenters. The number of aromatic hydroxyl groups is 1. The van der Waals surface area contributed by atoms with E-state index in [-0.39, 0.29) is 5.69 Å². The molecule has 0 saturated carbocycles. The number of carbonyl (C=O) groups excluding carboxylic acids is 1. The minimum atomic E-state index is -4.76. The molecule has 0 aliphatic heterocycles. The van der Waals surface area contributed by atoms with E-state index in [0.717, 1.165) is 12.1 Å². The Morgan fingerprint density at radius 2 is 1.87 bits per heavy atom. The molecule has 0 unspecified atom stereocenters. The highest BCUT2D eigenvalue weighted by Crippen LogP contribution is 2.31. The highest BCUT2D eigenvalue weighted by molar-refractivity contribution is 7.86. The molecule has 0 fully saturated rings. The van der Waals surface area contributed by atoms with Crippen LogP contribution < -0.4 is 11.5 Å². The van der Waals surface area contributed by atoms with Crippen LogP contribution in [0.2, 0.25) is 0 Å². The Morgan fingerprint density at radius 1 is 1.33 bits per heavy atom. The van der Waals surface area contributed by atoms with Gasteiger partial charge in [0.05, 0.1) is 11.3 Å². The Labute approximate surface area is 85.1 Å². The lowest BCUT2D eigenvalue weighted by atomic mass is 10.2. The first-order valence-corrected chi connectivity index (χ1v) is 5.08. The number of amides is 1. The molecule has 0 spiro atoms. The Hall–Kier alpha value is -1.80. The normalized spacial score (nSPS) is 11.3. The molecule has 82 valence electrons. The highest BCUT2D eigenvalue weighted by atomic mass is 32.2. The lowest BCUT2D eigenvalue weighted by molar-refractivity contribution is 0.0996. The fourth-order valence-corrected chi connectivity index (χ4v) is 1.85. The van der Waals surface area contributed by atoms with E-state index in [9.17, 15) is 18.3 Å². The van der Waals surface area contributed by atoms with Crippen LogP contribution in [0, 0.1) is 0 Å². The molecule has 7 nitrogen and oxygen atoms in total. The van der Waals surface area contributed by atoms with Gasteiger partial charge in [-0.15, -0.1) is 0 Å². The molecule has 0 aliphatic carbocycles. The molecule has 0 saturated heterocycles. The van der Waals surface area contributed by atoms with Gasteiger partial charge in [-0.2, -0.15) is 8.42 Å². The number of nitrogens with two attached hydrogens (primary N) is 2. The van der Waals surface area contributed by atoms with Crippen LogP contribution in [-0.4, -0.2) is 24.0 Å². The zero-order valence-corrected chi connectivity index (χ0v) is 8.15. The van der Waals surface area contributed by atoms with Crippen LogP contribution in [0.25, 0.3) is 0 Å². The number of benzene rings is 1. The number of hydrogen-bond acceptors (Lipinski definition) is 5. The van der Waals surface area contributed by atoms with Gasteiger partial charge in [-0.05, 0) is 12.1 Å². The van der Waals surface area contributed by atoms with E-state index in [1.54, 1.807) is 0 Å². The van der Waals surface area contributed by atoms with Gasteiger partial charge in [0.2, 0.25) is 5.91 Å². The third-order valence-corrected chi connectivity index (χ3v) is 2.62. The van der Waals surface area contributed by atoms with Gasteiger partial charge in [0.25, 0.3) is 10.1 Å². The molecule has 1 rings (SSSR count). The average molecular weight is 232 g/mol. The van der Waals surface area contributed by atoms with E-state index in [4.69, 9.17) is 16.0 Å². The Kier molecular flexibility index (Phi) is 2.56. The maximum Gasteiger partial charge on any atom is 0.299 e.